The Morgan fingerprint density at radius 1 is 0.957 bits per heavy atom. The number of benzene rings is 1. The van der Waals surface area contributed by atoms with Crippen LogP contribution in [-0.2, 0) is 29.3 Å². The van der Waals surface area contributed by atoms with Crippen LogP contribution >= 0.6 is 11.8 Å². The third-order valence-electron chi connectivity index (χ3n) is 7.89. The van der Waals surface area contributed by atoms with E-state index in [1.165, 1.54) is 36.2 Å². The standard InChI is InChI=1S/C30H39N7O8S/c1-20-16-36(25-15-23(32-33-31)24(17-38)45-25)29(42)34(26(20)40)13-9-4-3-5-10-14-35-27(41)21(2)28(37(30(35)43)18-44-19-39)46-22-11-7-6-8-12-22/h6-8,11-12,16,23-25,38-39H,3-5,9-10,13-15,17-19H2,1-2H3. The number of aliphatic hydroxyl groups excluding tert-OH is 2. The molecule has 3 atom stereocenters. The molecule has 15 nitrogen and oxygen atoms in total. The molecule has 0 saturated carbocycles. The molecule has 1 aliphatic rings. The van der Waals surface area contributed by atoms with Gasteiger partial charge in [-0.2, -0.15) is 0 Å². The van der Waals surface area contributed by atoms with Crippen LogP contribution in [0.1, 0.15) is 55.9 Å². The molecule has 2 N–H and O–H groups in total. The zero-order chi connectivity index (χ0) is 33.2. The normalized spacial score (nSPS) is 17.7. The largest absolute Gasteiger partial charge is 0.394 e. The van der Waals surface area contributed by atoms with E-state index >= 15 is 0 Å². The van der Waals surface area contributed by atoms with Crippen molar-refractivity contribution in [3.05, 3.63) is 99.8 Å². The third kappa shape index (κ3) is 8.07. The number of aromatic nitrogens is 4. The van der Waals surface area contributed by atoms with Gasteiger partial charge in [-0.05, 0) is 44.4 Å². The van der Waals surface area contributed by atoms with Crippen LogP contribution in [0.5, 0.6) is 0 Å². The highest BCUT2D eigenvalue weighted by Gasteiger charge is 2.36. The summed E-state index contributed by atoms with van der Waals surface area (Å²) in [6, 6.07) is 8.73. The van der Waals surface area contributed by atoms with Crippen LogP contribution in [0.25, 0.3) is 10.4 Å². The fraction of sp³-hybridized carbons (Fsp3) is 0.533. The Morgan fingerprint density at radius 2 is 1.61 bits per heavy atom. The first-order valence-electron chi connectivity index (χ1n) is 15.1. The first kappa shape index (κ1) is 34.9. The lowest BCUT2D eigenvalue weighted by Crippen LogP contribution is -2.42. The quantitative estimate of drug-likeness (QED) is 0.0581. The van der Waals surface area contributed by atoms with Gasteiger partial charge in [0.05, 0.1) is 23.8 Å². The van der Waals surface area contributed by atoms with E-state index in [4.69, 9.17) is 15.0 Å². The van der Waals surface area contributed by atoms with Crippen LogP contribution in [0.3, 0.4) is 0 Å². The molecule has 1 saturated heterocycles. The van der Waals surface area contributed by atoms with Gasteiger partial charge in [0, 0.05) is 46.6 Å². The second kappa shape index (κ2) is 16.6. The van der Waals surface area contributed by atoms with Crippen molar-refractivity contribution in [2.24, 2.45) is 5.11 Å². The average molecular weight is 658 g/mol. The van der Waals surface area contributed by atoms with Crippen molar-refractivity contribution < 1.29 is 19.7 Å². The van der Waals surface area contributed by atoms with Crippen LogP contribution in [-0.4, -0.2) is 54.0 Å². The van der Waals surface area contributed by atoms with Crippen LogP contribution < -0.4 is 22.5 Å². The van der Waals surface area contributed by atoms with Crippen molar-refractivity contribution in [3.8, 4) is 0 Å². The lowest BCUT2D eigenvalue weighted by molar-refractivity contribution is -0.0404. The Kier molecular flexibility index (Phi) is 12.6. The fourth-order valence-corrected chi connectivity index (χ4v) is 6.46. The molecule has 4 rings (SSSR count). The lowest BCUT2D eigenvalue weighted by atomic mass is 10.1. The van der Waals surface area contributed by atoms with Gasteiger partial charge in [0.15, 0.2) is 0 Å². The third-order valence-corrected chi connectivity index (χ3v) is 9.12. The van der Waals surface area contributed by atoms with Gasteiger partial charge < -0.3 is 19.7 Å². The second-order valence-electron chi connectivity index (χ2n) is 11.0. The number of rotatable bonds is 16. The summed E-state index contributed by atoms with van der Waals surface area (Å²) in [5.41, 5.74) is 7.75. The van der Waals surface area contributed by atoms with Crippen LogP contribution in [0.2, 0.25) is 0 Å². The number of nitrogens with zero attached hydrogens (tertiary/aromatic N) is 7. The second-order valence-corrected chi connectivity index (χ2v) is 12.1. The highest BCUT2D eigenvalue weighted by Crippen LogP contribution is 2.30. The molecule has 0 spiro atoms. The van der Waals surface area contributed by atoms with Gasteiger partial charge in [-0.15, -0.1) is 0 Å². The molecule has 46 heavy (non-hydrogen) atoms. The van der Waals surface area contributed by atoms with E-state index in [0.29, 0.717) is 41.8 Å². The van der Waals surface area contributed by atoms with Crippen molar-refractivity contribution in [1.82, 2.24) is 18.3 Å². The van der Waals surface area contributed by atoms with E-state index in [2.05, 4.69) is 10.0 Å². The monoisotopic (exact) mass is 657 g/mol. The SMILES string of the molecule is Cc1cn(C2CC(N=[N+]=[N-])C(CO)O2)c(=O)n(CCCCCCCn2c(=O)c(C)c(Sc3ccccc3)n(COCO)c2=O)c1=O. The Morgan fingerprint density at radius 3 is 2.24 bits per heavy atom. The predicted octanol–water partition coefficient (Wildman–Crippen LogP) is 2.63. The zero-order valence-corrected chi connectivity index (χ0v) is 26.7. The maximum atomic E-state index is 13.3. The first-order valence-corrected chi connectivity index (χ1v) is 15.9. The summed E-state index contributed by atoms with van der Waals surface area (Å²) >= 11 is 1.28. The number of unbranched alkanes of at least 4 members (excludes halogenated alkanes) is 4. The zero-order valence-electron chi connectivity index (χ0n) is 25.9. The summed E-state index contributed by atoms with van der Waals surface area (Å²) in [4.78, 5) is 56.2. The average Bonchev–Trinajstić information content (AvgIpc) is 3.46. The molecule has 0 radical (unpaired) electrons. The molecule has 3 unspecified atom stereocenters. The molecule has 1 fully saturated rings. The Balaban J connectivity index is 1.36. The molecule has 0 amide bonds. The molecule has 1 aliphatic heterocycles. The van der Waals surface area contributed by atoms with E-state index in [-0.39, 0.29) is 38.4 Å². The van der Waals surface area contributed by atoms with Crippen LogP contribution in [0.15, 0.2) is 70.7 Å². The van der Waals surface area contributed by atoms with Gasteiger partial charge in [-0.25, -0.2) is 9.59 Å². The molecular formula is C30H39N7O8S. The smallest absolute Gasteiger partial charge is 0.333 e. The maximum Gasteiger partial charge on any atom is 0.333 e. The molecule has 248 valence electrons. The van der Waals surface area contributed by atoms with Crippen LogP contribution in [0, 0.1) is 13.8 Å². The highest BCUT2D eigenvalue weighted by atomic mass is 32.2. The summed E-state index contributed by atoms with van der Waals surface area (Å²) < 4.78 is 15.9. The Bertz CT molecular complexity index is 1780. The molecule has 0 bridgehead atoms. The van der Waals surface area contributed by atoms with Gasteiger partial charge in [0.25, 0.3) is 11.1 Å². The lowest BCUT2D eigenvalue weighted by Gasteiger charge is -2.18. The molecule has 3 heterocycles. The number of hydrogen-bond acceptors (Lipinski definition) is 10. The topological polar surface area (TPSA) is 196 Å². The summed E-state index contributed by atoms with van der Waals surface area (Å²) in [7, 11) is 0. The van der Waals surface area contributed by atoms with Gasteiger partial charge in [-0.3, -0.25) is 27.9 Å². The number of aryl methyl sites for hydroxylation is 1. The minimum atomic E-state index is -0.775. The molecule has 0 aliphatic carbocycles. The predicted molar refractivity (Wildman–Crippen MR) is 170 cm³/mol. The molecule has 1 aromatic carbocycles. The van der Waals surface area contributed by atoms with E-state index in [1.54, 1.807) is 13.8 Å². The number of azide groups is 1. The van der Waals surface area contributed by atoms with E-state index < -0.39 is 42.1 Å². The number of hydrogen-bond donors (Lipinski definition) is 2. The molecular weight excluding hydrogens is 618 g/mol. The van der Waals surface area contributed by atoms with E-state index in [1.807, 2.05) is 30.3 Å². The summed E-state index contributed by atoms with van der Waals surface area (Å²) in [5.74, 6) is 0. The first-order chi connectivity index (χ1) is 22.2. The summed E-state index contributed by atoms with van der Waals surface area (Å²) in [5, 5.41) is 22.9. The Hall–Kier alpha value is -3.92. The fourth-order valence-electron chi connectivity index (χ4n) is 5.46. The number of aliphatic hydroxyl groups is 2. The van der Waals surface area contributed by atoms with Gasteiger partial charge in [-0.1, -0.05) is 54.3 Å². The van der Waals surface area contributed by atoms with Crippen LogP contribution in [0.4, 0.5) is 0 Å². The molecule has 16 heteroatoms. The highest BCUT2D eigenvalue weighted by molar-refractivity contribution is 7.99. The minimum Gasteiger partial charge on any atom is -0.394 e. The van der Waals surface area contributed by atoms with Crippen molar-refractivity contribution in [2.45, 2.75) is 100 Å². The van der Waals surface area contributed by atoms with Crippen molar-refractivity contribution >= 4 is 11.8 Å². The van der Waals surface area contributed by atoms with E-state index in [0.717, 1.165) is 11.3 Å². The van der Waals surface area contributed by atoms with Gasteiger partial charge >= 0.3 is 11.4 Å². The van der Waals surface area contributed by atoms with Crippen molar-refractivity contribution in [3.63, 3.8) is 0 Å². The van der Waals surface area contributed by atoms with Gasteiger partial charge in [0.2, 0.25) is 0 Å². The molecule has 3 aromatic rings. The van der Waals surface area contributed by atoms with Gasteiger partial charge in [0.1, 0.15) is 19.8 Å². The minimum absolute atomic E-state index is 0.198. The summed E-state index contributed by atoms with van der Waals surface area (Å²) in [6.07, 6.45) is 3.41. The maximum absolute atomic E-state index is 13.3. The Labute approximate surface area is 268 Å². The molecule has 2 aromatic heterocycles. The van der Waals surface area contributed by atoms with Crippen molar-refractivity contribution in [1.29, 1.82) is 0 Å². The summed E-state index contributed by atoms with van der Waals surface area (Å²) in [6.45, 7) is 2.55. The van der Waals surface area contributed by atoms with E-state index in [9.17, 15) is 29.4 Å². The van der Waals surface area contributed by atoms with Crippen molar-refractivity contribution in [2.75, 3.05) is 13.4 Å². The number of ether oxygens (including phenoxy) is 2.